The predicted octanol–water partition coefficient (Wildman–Crippen LogP) is 1.29. The van der Waals surface area contributed by atoms with Crippen molar-refractivity contribution in [1.29, 1.82) is 0 Å². The molecule has 1 amide bonds. The largest absolute Gasteiger partial charge is 0.480 e. The zero-order valence-electron chi connectivity index (χ0n) is 11.1. The van der Waals surface area contributed by atoms with Gasteiger partial charge < -0.3 is 9.03 Å². The standard InChI is InChI=1S/C9H10F5N2O5S2/c10-8(11,7(17)16-5-1-2-6(16)4-3-5)22(18,19)15-23(20,21)9(12,13)14/h5-6H,1-4H2/q-1. The number of carbonyl (C=O) groups is 1. The van der Waals surface area contributed by atoms with Crippen molar-refractivity contribution in [3.8, 4) is 0 Å². The molecule has 2 aliphatic rings. The topological polar surface area (TPSA) is 103 Å². The number of sulfonamides is 2. The molecule has 0 atom stereocenters. The van der Waals surface area contributed by atoms with Gasteiger partial charge in [-0.15, -0.1) is 0 Å². The van der Waals surface area contributed by atoms with Gasteiger partial charge in [0.2, 0.25) is 0 Å². The molecule has 2 aliphatic heterocycles. The van der Waals surface area contributed by atoms with Gasteiger partial charge >= 0.3 is 16.7 Å². The molecule has 0 aromatic rings. The van der Waals surface area contributed by atoms with Crippen LogP contribution in [0.25, 0.3) is 4.13 Å². The Bertz CT molecular complexity index is 697. The van der Waals surface area contributed by atoms with E-state index in [9.17, 15) is 43.6 Å². The zero-order chi connectivity index (χ0) is 17.8. The van der Waals surface area contributed by atoms with Gasteiger partial charge in [0.05, 0.1) is 0 Å². The van der Waals surface area contributed by atoms with E-state index in [0.717, 1.165) is 0 Å². The summed E-state index contributed by atoms with van der Waals surface area (Å²) in [6.45, 7) is 0. The Morgan fingerprint density at radius 1 is 0.870 bits per heavy atom. The minimum atomic E-state index is -6.72. The second kappa shape index (κ2) is 5.24. The summed E-state index contributed by atoms with van der Waals surface area (Å²) in [6, 6.07) is -1.26. The van der Waals surface area contributed by atoms with E-state index >= 15 is 0 Å². The normalized spacial score (nSPS) is 25.9. The Balaban J connectivity index is 2.29. The van der Waals surface area contributed by atoms with Crippen molar-refractivity contribution in [2.45, 2.75) is 48.5 Å². The van der Waals surface area contributed by atoms with Gasteiger partial charge in [0, 0.05) is 12.1 Å². The number of rotatable bonds is 4. The lowest BCUT2D eigenvalue weighted by molar-refractivity contribution is -0.148. The molecule has 0 aromatic carbocycles. The molecule has 0 aromatic heterocycles. The number of carbonyl (C=O) groups excluding carboxylic acids is 1. The number of fused-ring (bicyclic) bond motifs is 2. The molecule has 0 unspecified atom stereocenters. The maximum Gasteiger partial charge on any atom is 0.480 e. The summed E-state index contributed by atoms with van der Waals surface area (Å²) in [5.41, 5.74) is -6.17. The Morgan fingerprint density at radius 3 is 1.61 bits per heavy atom. The fourth-order valence-corrected chi connectivity index (χ4v) is 4.80. The van der Waals surface area contributed by atoms with Crippen LogP contribution in [0.3, 0.4) is 0 Å². The molecule has 134 valence electrons. The lowest BCUT2D eigenvalue weighted by Crippen LogP contribution is -2.50. The first-order valence-corrected chi connectivity index (χ1v) is 9.09. The minimum Gasteiger partial charge on any atom is -0.423 e. The summed E-state index contributed by atoms with van der Waals surface area (Å²) in [5.74, 6) is -2.25. The first kappa shape index (κ1) is 18.3. The number of hydrogen-bond acceptors (Lipinski definition) is 5. The summed E-state index contributed by atoms with van der Waals surface area (Å²) in [5, 5.41) is -5.39. The zero-order valence-corrected chi connectivity index (χ0v) is 12.8. The van der Waals surface area contributed by atoms with Gasteiger partial charge in [0.15, 0.2) is 20.0 Å². The lowest BCUT2D eigenvalue weighted by Gasteiger charge is -2.31. The summed E-state index contributed by atoms with van der Waals surface area (Å²) < 4.78 is 109. The van der Waals surface area contributed by atoms with Crippen LogP contribution in [0, 0.1) is 0 Å². The Kier molecular flexibility index (Phi) is 4.17. The average Bonchev–Trinajstić information content (AvgIpc) is 2.94. The molecule has 2 fully saturated rings. The number of hydrogen-bond donors (Lipinski definition) is 0. The number of amides is 1. The van der Waals surface area contributed by atoms with E-state index in [1.807, 2.05) is 0 Å². The number of halogens is 5. The van der Waals surface area contributed by atoms with Crippen LogP contribution in [0.15, 0.2) is 0 Å². The van der Waals surface area contributed by atoms with E-state index in [2.05, 4.69) is 0 Å². The summed E-state index contributed by atoms with van der Waals surface area (Å²) in [7, 11) is -13.3. The van der Waals surface area contributed by atoms with Crippen molar-refractivity contribution in [3.05, 3.63) is 4.13 Å². The fraction of sp³-hybridized carbons (Fsp3) is 0.889. The van der Waals surface area contributed by atoms with Crippen LogP contribution in [-0.4, -0.2) is 50.5 Å². The van der Waals surface area contributed by atoms with Gasteiger partial charge in [-0.2, -0.15) is 22.0 Å². The van der Waals surface area contributed by atoms with E-state index < -0.39 is 48.8 Å². The SMILES string of the molecule is O=C(N1C2CCC1CC2)C(F)(F)S(=O)(=O)[N-]S(=O)(=O)C(F)(F)F. The molecule has 0 N–H and O–H groups in total. The van der Waals surface area contributed by atoms with Gasteiger partial charge in [-0.25, -0.2) is 16.8 Å². The smallest absolute Gasteiger partial charge is 0.423 e. The van der Waals surface area contributed by atoms with E-state index in [1.165, 1.54) is 4.13 Å². The minimum absolute atomic E-state index is 0.366. The molecule has 0 spiro atoms. The fourth-order valence-electron chi connectivity index (χ4n) is 2.72. The monoisotopic (exact) mass is 385 g/mol. The van der Waals surface area contributed by atoms with Crippen molar-refractivity contribution in [2.24, 2.45) is 0 Å². The van der Waals surface area contributed by atoms with Gasteiger partial charge in [0.25, 0.3) is 0 Å². The van der Waals surface area contributed by atoms with Crippen LogP contribution in [0.4, 0.5) is 22.0 Å². The van der Waals surface area contributed by atoms with E-state index in [4.69, 9.17) is 0 Å². The van der Waals surface area contributed by atoms with E-state index in [1.54, 1.807) is 0 Å². The summed E-state index contributed by atoms with van der Waals surface area (Å²) >= 11 is 0. The highest BCUT2D eigenvalue weighted by Crippen LogP contribution is 2.42. The molecule has 2 heterocycles. The number of nitrogens with zero attached hydrogens (tertiary/aromatic N) is 2. The van der Waals surface area contributed by atoms with Crippen LogP contribution in [-0.2, 0) is 24.8 Å². The Labute approximate surface area is 127 Å². The molecule has 14 heteroatoms. The van der Waals surface area contributed by atoms with Crippen LogP contribution in [0.2, 0.25) is 0 Å². The molecule has 2 bridgehead atoms. The van der Waals surface area contributed by atoms with Crippen molar-refractivity contribution >= 4 is 26.0 Å². The van der Waals surface area contributed by atoms with Crippen molar-refractivity contribution < 1.29 is 43.6 Å². The molecule has 0 aliphatic carbocycles. The number of alkyl halides is 5. The molecule has 23 heavy (non-hydrogen) atoms. The first-order valence-electron chi connectivity index (χ1n) is 6.21. The molecular formula is C9H10F5N2O5S2-. The molecule has 2 saturated heterocycles. The highest BCUT2D eigenvalue weighted by Gasteiger charge is 2.57. The average molecular weight is 385 g/mol. The highest BCUT2D eigenvalue weighted by atomic mass is 32.3. The van der Waals surface area contributed by atoms with Crippen LogP contribution < -0.4 is 0 Å². The maximum atomic E-state index is 13.8. The first-order chi connectivity index (χ1) is 10.2. The molecule has 2 rings (SSSR count). The molecular weight excluding hydrogens is 375 g/mol. The maximum absolute atomic E-state index is 13.8. The Hall–Kier alpha value is -1.02. The molecule has 0 saturated carbocycles. The lowest BCUT2D eigenvalue weighted by atomic mass is 10.0. The van der Waals surface area contributed by atoms with E-state index in [-0.39, 0.29) is 0 Å². The summed E-state index contributed by atoms with van der Waals surface area (Å²) in [4.78, 5) is 12.4. The van der Waals surface area contributed by atoms with Gasteiger partial charge in [-0.1, -0.05) is 0 Å². The van der Waals surface area contributed by atoms with Crippen molar-refractivity contribution in [3.63, 3.8) is 0 Å². The highest BCUT2D eigenvalue weighted by molar-refractivity contribution is 8.13. The van der Waals surface area contributed by atoms with Gasteiger partial charge in [-0.3, -0.25) is 4.79 Å². The van der Waals surface area contributed by atoms with Crippen LogP contribution >= 0.6 is 0 Å². The molecule has 0 radical (unpaired) electrons. The second-order valence-electron chi connectivity index (χ2n) is 5.16. The third kappa shape index (κ3) is 2.91. The van der Waals surface area contributed by atoms with Crippen LogP contribution in [0.1, 0.15) is 25.7 Å². The van der Waals surface area contributed by atoms with Gasteiger partial charge in [0.1, 0.15) is 0 Å². The van der Waals surface area contributed by atoms with E-state index in [0.29, 0.717) is 30.6 Å². The quantitative estimate of drug-likeness (QED) is 0.679. The summed E-state index contributed by atoms with van der Waals surface area (Å²) in [6.07, 6.45) is 1.46. The predicted molar refractivity (Wildman–Crippen MR) is 65.1 cm³/mol. The third-order valence-corrected chi connectivity index (χ3v) is 6.73. The van der Waals surface area contributed by atoms with Crippen LogP contribution in [0.5, 0.6) is 0 Å². The third-order valence-electron chi connectivity index (χ3n) is 3.75. The molecule has 7 nitrogen and oxygen atoms in total. The van der Waals surface area contributed by atoms with Gasteiger partial charge in [-0.05, 0) is 25.7 Å². The Morgan fingerprint density at radius 2 is 1.26 bits per heavy atom. The second-order valence-corrected chi connectivity index (χ2v) is 8.63. The van der Waals surface area contributed by atoms with Crippen molar-refractivity contribution in [1.82, 2.24) is 4.90 Å². The van der Waals surface area contributed by atoms with Crippen molar-refractivity contribution in [2.75, 3.05) is 0 Å².